The van der Waals surface area contributed by atoms with Crippen molar-refractivity contribution in [2.75, 3.05) is 0 Å². The van der Waals surface area contributed by atoms with Crippen molar-refractivity contribution in [3.05, 3.63) is 11.8 Å². The van der Waals surface area contributed by atoms with Crippen molar-refractivity contribution >= 4 is 5.78 Å². The van der Waals surface area contributed by atoms with Gasteiger partial charge in [-0.1, -0.05) is 0 Å². The Morgan fingerprint density at radius 2 is 1.78 bits per heavy atom. The molecule has 9 heavy (non-hydrogen) atoms. The van der Waals surface area contributed by atoms with Crippen molar-refractivity contribution in [2.24, 2.45) is 0 Å². The molecule has 0 bridgehead atoms. The van der Waals surface area contributed by atoms with Gasteiger partial charge in [0.15, 0.2) is 0 Å². The molecule has 0 saturated carbocycles. The van der Waals surface area contributed by atoms with Crippen molar-refractivity contribution in [1.82, 2.24) is 0 Å². The monoisotopic (exact) mass is 167 g/mol. The molecule has 4 heteroatoms. The van der Waals surface area contributed by atoms with Crippen molar-refractivity contribution < 1.29 is 37.1 Å². The van der Waals surface area contributed by atoms with Gasteiger partial charge in [-0.2, -0.15) is 0 Å². The number of hydrogen-bond donors (Lipinski definition) is 1. The third-order valence-corrected chi connectivity index (χ3v) is 0.418. The van der Waals surface area contributed by atoms with Crippen LogP contribution >= 0.6 is 0 Å². The molecule has 3 nitrogen and oxygen atoms in total. The van der Waals surface area contributed by atoms with Gasteiger partial charge in [0, 0.05) is 21.7 Å². The third kappa shape index (κ3) is 18.1. The quantitative estimate of drug-likeness (QED) is 0.257. The van der Waals surface area contributed by atoms with Gasteiger partial charge in [-0.15, -0.1) is 0 Å². The van der Waals surface area contributed by atoms with E-state index >= 15 is 0 Å². The Labute approximate surface area is 69.0 Å². The summed E-state index contributed by atoms with van der Waals surface area (Å²) in [5, 5.41) is 8.40. The van der Waals surface area contributed by atoms with E-state index in [9.17, 15) is 0 Å². The van der Waals surface area contributed by atoms with Crippen LogP contribution in [-0.4, -0.2) is 21.2 Å². The second kappa shape index (κ2) is 7.88. The van der Waals surface area contributed by atoms with Crippen molar-refractivity contribution in [3.63, 3.8) is 0 Å². The molecule has 52 valence electrons. The maximum Gasteiger partial charge on any atom is 0.316 e. The van der Waals surface area contributed by atoms with Gasteiger partial charge in [0.25, 0.3) is 0 Å². The average Bonchev–Trinajstić information content (AvgIpc) is 1.27. The zero-order valence-electron chi connectivity index (χ0n) is 5.47. The Morgan fingerprint density at radius 3 is 1.78 bits per heavy atom. The summed E-state index contributed by atoms with van der Waals surface area (Å²) in [6.45, 7) is 3.00. The van der Waals surface area contributed by atoms with E-state index in [-0.39, 0.29) is 38.7 Å². The molecule has 0 heterocycles. The molecule has 0 aliphatic heterocycles. The van der Waals surface area contributed by atoms with E-state index in [1.165, 1.54) is 19.9 Å². The first-order valence-corrected chi connectivity index (χ1v) is 2.02. The van der Waals surface area contributed by atoms with E-state index in [4.69, 9.17) is 9.90 Å². The summed E-state index contributed by atoms with van der Waals surface area (Å²) in [4.78, 5) is 8.40. The summed E-state index contributed by atoms with van der Waals surface area (Å²) >= 11 is 0. The van der Waals surface area contributed by atoms with E-state index in [0.29, 0.717) is 0 Å². The van der Waals surface area contributed by atoms with E-state index in [0.717, 1.165) is 0 Å². The van der Waals surface area contributed by atoms with Crippen LogP contribution in [0.5, 0.6) is 0 Å². The molecule has 0 amide bonds. The molecule has 0 aromatic carbocycles. The molecule has 0 saturated heterocycles. The molecule has 0 aromatic rings. The number of ketones is 1. The summed E-state index contributed by atoms with van der Waals surface area (Å²) in [6, 6.07) is 0. The predicted molar refractivity (Wildman–Crippen MR) is 32.6 cm³/mol. The average molecular weight is 167 g/mol. The van der Waals surface area contributed by atoms with Crippen LogP contribution in [-0.2, 0) is 21.7 Å². The third-order valence-electron chi connectivity index (χ3n) is 0.418. The van der Waals surface area contributed by atoms with Gasteiger partial charge in [-0.25, -0.2) is 0 Å². The fourth-order valence-electron chi connectivity index (χ4n) is 0.302. The van der Waals surface area contributed by atoms with Crippen LogP contribution < -0.4 is 0 Å². The van der Waals surface area contributed by atoms with Crippen LogP contribution in [0, 0.1) is 0 Å². The zero-order chi connectivity index (χ0) is 5.86. The van der Waals surface area contributed by atoms with Gasteiger partial charge in [0.05, 0.1) is 18.8 Å². The van der Waals surface area contributed by atoms with Gasteiger partial charge >= 0.3 is 5.78 Å². The predicted octanol–water partition coefficient (Wildman–Crippen LogP) is 0.186. The summed E-state index contributed by atoms with van der Waals surface area (Å²) in [5.74, 6) is 0.250. The summed E-state index contributed by atoms with van der Waals surface area (Å²) in [7, 11) is 0. The van der Waals surface area contributed by atoms with E-state index in [1.807, 2.05) is 0 Å². The smallest absolute Gasteiger partial charge is 0.316 e. The molecule has 4 N–H and O–H groups in total. The maximum absolute atomic E-state index is 8.40. The minimum Gasteiger partial charge on any atom is -0.512 e. The molecule has 0 aromatic heterocycles. The topological polar surface area (TPSA) is 73.1 Å². The number of rotatable bonds is 1. The Morgan fingerprint density at radius 1 is 1.44 bits per heavy atom. The van der Waals surface area contributed by atoms with Crippen LogP contribution in [0.1, 0.15) is 13.8 Å². The SMILES string of the molecule is CC(=[OH+])/C=C(/C)O.O.[Ti]. The first kappa shape index (κ1) is 15.9. The fourth-order valence-corrected chi connectivity index (χ4v) is 0.302. The maximum atomic E-state index is 8.40. The standard InChI is InChI=1S/C5H8O2.H2O.Ti/c1-4(6)3-5(2)7;;/h3,6H,1-2H3;1H2;/p+1/b4-3-;;. The molecule has 0 rings (SSSR count). The molecular formula is C5H11O3Ti+. The van der Waals surface area contributed by atoms with Gasteiger partial charge < -0.3 is 10.6 Å². The molecule has 0 aliphatic rings. The van der Waals surface area contributed by atoms with Crippen LogP contribution in [0.2, 0.25) is 0 Å². The Hall–Kier alpha value is -0.116. The molecule has 0 atom stereocenters. The van der Waals surface area contributed by atoms with Gasteiger partial charge in [-0.3, -0.25) is 4.79 Å². The molecule has 0 unspecified atom stereocenters. The number of hydrogen-bond acceptors (Lipinski definition) is 1. The van der Waals surface area contributed by atoms with Crippen LogP contribution in [0.15, 0.2) is 11.8 Å². The second-order valence-corrected chi connectivity index (χ2v) is 1.43. The second-order valence-electron chi connectivity index (χ2n) is 1.43. The molecule has 0 spiro atoms. The number of carbonyl (C=O) groups excluding carboxylic acids is 1. The largest absolute Gasteiger partial charge is 0.512 e. The number of aliphatic hydroxyl groups excluding tert-OH is 1. The molecule has 0 fully saturated rings. The first-order valence-electron chi connectivity index (χ1n) is 2.02. The van der Waals surface area contributed by atoms with Gasteiger partial charge in [0.1, 0.15) is 0 Å². The van der Waals surface area contributed by atoms with Crippen LogP contribution in [0.4, 0.5) is 0 Å². The normalized spacial score (nSPS) is 8.89. The van der Waals surface area contributed by atoms with Crippen molar-refractivity contribution in [1.29, 1.82) is 0 Å². The van der Waals surface area contributed by atoms with E-state index in [1.54, 1.807) is 0 Å². The molecular weight excluding hydrogens is 156 g/mol. The van der Waals surface area contributed by atoms with Crippen LogP contribution in [0.3, 0.4) is 0 Å². The Bertz CT molecular complexity index is 105. The first-order chi connectivity index (χ1) is 3.13. The summed E-state index contributed by atoms with van der Waals surface area (Å²) in [6.07, 6.45) is 1.28. The number of aliphatic hydroxyl groups is 1. The van der Waals surface area contributed by atoms with E-state index < -0.39 is 0 Å². The van der Waals surface area contributed by atoms with E-state index in [2.05, 4.69) is 0 Å². The van der Waals surface area contributed by atoms with Crippen molar-refractivity contribution in [2.45, 2.75) is 13.8 Å². The Balaban J connectivity index is -0.000000180. The zero-order valence-corrected chi connectivity index (χ0v) is 7.03. The Kier molecular flexibility index (Phi) is 14.0. The minimum atomic E-state index is 0. The van der Waals surface area contributed by atoms with Crippen LogP contribution in [0.25, 0.3) is 0 Å². The fraction of sp³-hybridized carbons (Fsp3) is 0.400. The molecule has 0 radical (unpaired) electrons. The van der Waals surface area contributed by atoms with Crippen molar-refractivity contribution in [3.8, 4) is 0 Å². The van der Waals surface area contributed by atoms with Gasteiger partial charge in [0.2, 0.25) is 0 Å². The summed E-state index contributed by atoms with van der Waals surface area (Å²) in [5.41, 5.74) is 0. The van der Waals surface area contributed by atoms with Gasteiger partial charge in [-0.05, 0) is 6.92 Å². The minimum absolute atomic E-state index is 0. The number of allylic oxidation sites excluding steroid dienone is 2. The molecule has 0 aliphatic carbocycles. The summed E-state index contributed by atoms with van der Waals surface area (Å²) < 4.78 is 0.